The molecule has 1 saturated heterocycles. The zero-order valence-electron chi connectivity index (χ0n) is 16.0. The second kappa shape index (κ2) is 11.4. The second-order valence-corrected chi connectivity index (χ2v) is 6.92. The summed E-state index contributed by atoms with van der Waals surface area (Å²) in [5, 5.41) is 6.33. The third-order valence-electron chi connectivity index (χ3n) is 4.74. The number of ether oxygens (including phenoxy) is 1. The average molecular weight is 486 g/mol. The molecule has 1 aliphatic carbocycles. The Morgan fingerprint density at radius 2 is 1.85 bits per heavy atom. The number of nitrogens with zero attached hydrogens (tertiary/aromatic N) is 2. The number of benzene rings is 1. The second-order valence-electron chi connectivity index (χ2n) is 6.92. The number of carbonyl (C=O) groups is 1. The van der Waals surface area contributed by atoms with Gasteiger partial charge in [-0.3, -0.25) is 9.79 Å². The van der Waals surface area contributed by atoms with Crippen LogP contribution in [0.5, 0.6) is 5.75 Å². The number of amides is 1. The molecule has 6 nitrogen and oxygen atoms in total. The number of piperidine rings is 1. The van der Waals surface area contributed by atoms with Crippen molar-refractivity contribution in [1.29, 1.82) is 0 Å². The Kier molecular flexibility index (Phi) is 9.17. The zero-order chi connectivity index (χ0) is 18.2. The molecule has 1 aromatic carbocycles. The van der Waals surface area contributed by atoms with Crippen LogP contribution in [0.25, 0.3) is 0 Å². The lowest BCUT2D eigenvalue weighted by molar-refractivity contribution is -0.122. The van der Waals surface area contributed by atoms with Crippen molar-refractivity contribution in [3.8, 4) is 5.75 Å². The van der Waals surface area contributed by atoms with E-state index in [-0.39, 0.29) is 41.9 Å². The lowest BCUT2D eigenvalue weighted by Crippen LogP contribution is -2.47. The summed E-state index contributed by atoms with van der Waals surface area (Å²) >= 11 is 0. The van der Waals surface area contributed by atoms with Gasteiger partial charge in [0.2, 0.25) is 5.91 Å². The molecule has 2 aliphatic rings. The number of halogens is 1. The number of rotatable bonds is 7. The van der Waals surface area contributed by atoms with Gasteiger partial charge in [0, 0.05) is 44.9 Å². The highest BCUT2D eigenvalue weighted by molar-refractivity contribution is 14.0. The van der Waals surface area contributed by atoms with E-state index in [1.165, 1.54) is 0 Å². The summed E-state index contributed by atoms with van der Waals surface area (Å²) in [4.78, 5) is 18.6. The first-order valence-corrected chi connectivity index (χ1v) is 9.79. The molecule has 2 fully saturated rings. The van der Waals surface area contributed by atoms with Gasteiger partial charge in [0.15, 0.2) is 5.96 Å². The summed E-state index contributed by atoms with van der Waals surface area (Å²) in [5.41, 5.74) is 0. The normalized spacial score (nSPS) is 17.8. The van der Waals surface area contributed by atoms with E-state index in [1.54, 1.807) is 0 Å². The topological polar surface area (TPSA) is 66.0 Å². The summed E-state index contributed by atoms with van der Waals surface area (Å²) in [6.07, 6.45) is 4.31. The Morgan fingerprint density at radius 1 is 1.15 bits per heavy atom. The van der Waals surface area contributed by atoms with Gasteiger partial charge < -0.3 is 20.3 Å². The largest absolute Gasteiger partial charge is 0.490 e. The SMILES string of the molecule is CCNC(=NCCNC(=O)C1CC1)N1CCC(Oc2ccccc2)CC1.I. The molecule has 1 saturated carbocycles. The predicted octanol–water partition coefficient (Wildman–Crippen LogP) is 2.64. The van der Waals surface area contributed by atoms with Crippen LogP contribution in [0.2, 0.25) is 0 Å². The highest BCUT2D eigenvalue weighted by Crippen LogP contribution is 2.28. The first kappa shape index (κ1) is 21.8. The van der Waals surface area contributed by atoms with Crippen LogP contribution in [-0.2, 0) is 4.79 Å². The Hall–Kier alpha value is -1.51. The Bertz CT molecular complexity index is 599. The van der Waals surface area contributed by atoms with Gasteiger partial charge in [0.1, 0.15) is 11.9 Å². The van der Waals surface area contributed by atoms with E-state index in [1.807, 2.05) is 30.3 Å². The van der Waals surface area contributed by atoms with Gasteiger partial charge in [0.25, 0.3) is 0 Å². The highest BCUT2D eigenvalue weighted by atomic mass is 127. The molecule has 3 rings (SSSR count). The monoisotopic (exact) mass is 486 g/mol. The quantitative estimate of drug-likeness (QED) is 0.269. The average Bonchev–Trinajstić information content (AvgIpc) is 3.51. The lowest BCUT2D eigenvalue weighted by Gasteiger charge is -2.34. The summed E-state index contributed by atoms with van der Waals surface area (Å²) < 4.78 is 6.06. The maximum absolute atomic E-state index is 11.7. The highest BCUT2D eigenvalue weighted by Gasteiger charge is 2.29. The molecule has 7 heteroatoms. The van der Waals surface area contributed by atoms with E-state index >= 15 is 0 Å². The maximum atomic E-state index is 11.7. The van der Waals surface area contributed by atoms with E-state index in [4.69, 9.17) is 4.74 Å². The van der Waals surface area contributed by atoms with Crippen molar-refractivity contribution in [1.82, 2.24) is 15.5 Å². The molecule has 1 aliphatic heterocycles. The first-order chi connectivity index (χ1) is 12.8. The van der Waals surface area contributed by atoms with Gasteiger partial charge in [-0.05, 0) is 31.9 Å². The van der Waals surface area contributed by atoms with Crippen LogP contribution in [0.3, 0.4) is 0 Å². The number of para-hydroxylation sites is 1. The van der Waals surface area contributed by atoms with Crippen LogP contribution in [0.4, 0.5) is 0 Å². The van der Waals surface area contributed by atoms with E-state index in [0.717, 1.165) is 57.0 Å². The van der Waals surface area contributed by atoms with Crippen LogP contribution in [0, 0.1) is 5.92 Å². The number of carbonyl (C=O) groups excluding carboxylic acids is 1. The van der Waals surface area contributed by atoms with Crippen molar-refractivity contribution < 1.29 is 9.53 Å². The van der Waals surface area contributed by atoms with Crippen molar-refractivity contribution in [2.45, 2.75) is 38.7 Å². The Balaban J connectivity index is 0.00000261. The number of aliphatic imine (C=N–C) groups is 1. The summed E-state index contributed by atoms with van der Waals surface area (Å²) in [6.45, 7) is 6.00. The van der Waals surface area contributed by atoms with Gasteiger partial charge >= 0.3 is 0 Å². The fourth-order valence-corrected chi connectivity index (χ4v) is 3.13. The summed E-state index contributed by atoms with van der Waals surface area (Å²) in [5.74, 6) is 2.32. The van der Waals surface area contributed by atoms with Gasteiger partial charge in [-0.1, -0.05) is 18.2 Å². The van der Waals surface area contributed by atoms with Crippen LogP contribution < -0.4 is 15.4 Å². The fraction of sp³-hybridized carbons (Fsp3) is 0.600. The standard InChI is InChI=1S/C20H30N4O2.HI/c1-2-21-20(23-13-12-22-19(25)16-8-9-16)24-14-10-18(11-15-24)26-17-6-4-3-5-7-17;/h3-7,16,18H,2,8-15H2,1H3,(H,21,23)(H,22,25);1H. The van der Waals surface area contributed by atoms with E-state index < -0.39 is 0 Å². The van der Waals surface area contributed by atoms with Crippen LogP contribution in [0.15, 0.2) is 35.3 Å². The van der Waals surface area contributed by atoms with Gasteiger partial charge in [-0.2, -0.15) is 0 Å². The number of guanidine groups is 1. The van der Waals surface area contributed by atoms with Crippen molar-refractivity contribution in [2.75, 3.05) is 32.7 Å². The summed E-state index contributed by atoms with van der Waals surface area (Å²) in [6, 6.07) is 10.0. The zero-order valence-corrected chi connectivity index (χ0v) is 18.4. The molecule has 0 radical (unpaired) electrons. The smallest absolute Gasteiger partial charge is 0.223 e. The molecular weight excluding hydrogens is 455 g/mol. The Labute approximate surface area is 179 Å². The molecule has 0 atom stereocenters. The molecule has 1 aromatic rings. The fourth-order valence-electron chi connectivity index (χ4n) is 3.13. The lowest BCUT2D eigenvalue weighted by atomic mass is 10.1. The van der Waals surface area contributed by atoms with E-state index in [0.29, 0.717) is 13.1 Å². The third kappa shape index (κ3) is 7.20. The molecule has 150 valence electrons. The first-order valence-electron chi connectivity index (χ1n) is 9.79. The number of nitrogens with one attached hydrogen (secondary N) is 2. The molecule has 0 unspecified atom stereocenters. The predicted molar refractivity (Wildman–Crippen MR) is 119 cm³/mol. The molecule has 0 aromatic heterocycles. The van der Waals surface area contributed by atoms with Crippen molar-refractivity contribution >= 4 is 35.8 Å². The van der Waals surface area contributed by atoms with Crippen LogP contribution in [0.1, 0.15) is 32.6 Å². The molecule has 27 heavy (non-hydrogen) atoms. The number of hydrogen-bond acceptors (Lipinski definition) is 3. The molecule has 1 heterocycles. The molecular formula is C20H31IN4O2. The van der Waals surface area contributed by atoms with E-state index in [2.05, 4.69) is 27.4 Å². The van der Waals surface area contributed by atoms with Crippen molar-refractivity contribution in [3.63, 3.8) is 0 Å². The minimum Gasteiger partial charge on any atom is -0.490 e. The molecule has 2 N–H and O–H groups in total. The van der Waals surface area contributed by atoms with Gasteiger partial charge in [-0.25, -0.2) is 0 Å². The number of hydrogen-bond donors (Lipinski definition) is 2. The Morgan fingerprint density at radius 3 is 2.48 bits per heavy atom. The van der Waals surface area contributed by atoms with Gasteiger partial charge in [0.05, 0.1) is 6.54 Å². The van der Waals surface area contributed by atoms with Crippen molar-refractivity contribution in [2.24, 2.45) is 10.9 Å². The minimum absolute atomic E-state index is 0. The van der Waals surface area contributed by atoms with Crippen LogP contribution in [-0.4, -0.2) is 55.6 Å². The number of likely N-dealkylation sites (tertiary alicyclic amines) is 1. The van der Waals surface area contributed by atoms with Crippen molar-refractivity contribution in [3.05, 3.63) is 30.3 Å². The molecule has 0 bridgehead atoms. The molecule has 0 spiro atoms. The van der Waals surface area contributed by atoms with Crippen LogP contribution >= 0.6 is 24.0 Å². The minimum atomic E-state index is 0. The van der Waals surface area contributed by atoms with Gasteiger partial charge in [-0.15, -0.1) is 24.0 Å². The third-order valence-corrected chi connectivity index (χ3v) is 4.74. The molecule has 1 amide bonds. The maximum Gasteiger partial charge on any atom is 0.223 e. The summed E-state index contributed by atoms with van der Waals surface area (Å²) in [7, 11) is 0. The van der Waals surface area contributed by atoms with E-state index in [9.17, 15) is 4.79 Å².